The van der Waals surface area contributed by atoms with Crippen molar-refractivity contribution >= 4 is 29.7 Å². The Bertz CT molecular complexity index is 1030. The Morgan fingerprint density at radius 2 is 1.66 bits per heavy atom. The van der Waals surface area contributed by atoms with Gasteiger partial charge in [0.2, 0.25) is 0 Å². The van der Waals surface area contributed by atoms with Crippen LogP contribution in [0.1, 0.15) is 26.3 Å². The van der Waals surface area contributed by atoms with Gasteiger partial charge < -0.3 is 9.47 Å². The number of hydrogen-bond acceptors (Lipinski definition) is 5. The van der Waals surface area contributed by atoms with Crippen LogP contribution in [-0.4, -0.2) is 25.2 Å². The third-order valence-corrected chi connectivity index (χ3v) is 4.14. The van der Waals surface area contributed by atoms with Crippen molar-refractivity contribution in [2.45, 2.75) is 0 Å². The molecule has 0 aliphatic heterocycles. The van der Waals surface area contributed by atoms with Crippen molar-refractivity contribution in [3.63, 3.8) is 0 Å². The van der Waals surface area contributed by atoms with Gasteiger partial charge >= 0.3 is 5.97 Å². The van der Waals surface area contributed by atoms with Crippen LogP contribution in [0, 0.1) is 0 Å². The number of rotatable bonds is 6. The molecule has 0 aromatic heterocycles. The number of nitrogens with zero attached hydrogens (tertiary/aromatic N) is 1. The molecule has 0 saturated carbocycles. The molecule has 7 heteroatoms. The highest BCUT2D eigenvalue weighted by Crippen LogP contribution is 2.28. The van der Waals surface area contributed by atoms with Crippen molar-refractivity contribution in [3.05, 3.63) is 94.5 Å². The lowest BCUT2D eigenvalue weighted by atomic mass is 10.2. The number of ether oxygens (including phenoxy) is 2. The zero-order valence-electron chi connectivity index (χ0n) is 15.5. The summed E-state index contributed by atoms with van der Waals surface area (Å²) in [6, 6.07) is 20.0. The molecular weight excluding hydrogens is 392 g/mol. The summed E-state index contributed by atoms with van der Waals surface area (Å²) >= 11 is 5.83. The number of amides is 1. The number of nitrogens with one attached hydrogen (secondary N) is 1. The number of hydrazone groups is 1. The number of hydrogen-bond donors (Lipinski definition) is 1. The van der Waals surface area contributed by atoms with Gasteiger partial charge in [0.05, 0.1) is 18.9 Å². The Labute approximate surface area is 172 Å². The van der Waals surface area contributed by atoms with E-state index in [0.29, 0.717) is 27.5 Å². The number of methoxy groups -OCH3 is 1. The van der Waals surface area contributed by atoms with E-state index in [2.05, 4.69) is 10.5 Å². The van der Waals surface area contributed by atoms with Gasteiger partial charge in [-0.1, -0.05) is 29.8 Å². The van der Waals surface area contributed by atoms with E-state index >= 15 is 0 Å². The molecule has 3 aromatic rings. The first-order chi connectivity index (χ1) is 14.1. The molecule has 0 saturated heterocycles. The minimum absolute atomic E-state index is 0.262. The highest BCUT2D eigenvalue weighted by atomic mass is 35.5. The first-order valence-electron chi connectivity index (χ1n) is 8.61. The second-order valence-electron chi connectivity index (χ2n) is 5.87. The third-order valence-electron chi connectivity index (χ3n) is 3.89. The second-order valence-corrected chi connectivity index (χ2v) is 6.31. The summed E-state index contributed by atoms with van der Waals surface area (Å²) < 4.78 is 10.7. The zero-order valence-corrected chi connectivity index (χ0v) is 16.2. The highest BCUT2D eigenvalue weighted by Gasteiger charge is 2.13. The SMILES string of the molecule is COc1cc(C=NNC(=O)c2ccccc2)ccc1OC(=O)c1ccc(Cl)cc1. The summed E-state index contributed by atoms with van der Waals surface area (Å²) in [7, 11) is 1.47. The molecule has 1 amide bonds. The molecule has 0 unspecified atom stereocenters. The molecule has 0 heterocycles. The quantitative estimate of drug-likeness (QED) is 0.285. The van der Waals surface area contributed by atoms with Crippen LogP contribution in [0.25, 0.3) is 0 Å². The fourth-order valence-corrected chi connectivity index (χ4v) is 2.54. The van der Waals surface area contributed by atoms with Crippen molar-refractivity contribution < 1.29 is 19.1 Å². The maximum atomic E-state index is 12.3. The maximum absolute atomic E-state index is 12.3. The molecule has 0 aliphatic rings. The van der Waals surface area contributed by atoms with Gasteiger partial charge in [0.25, 0.3) is 5.91 Å². The van der Waals surface area contributed by atoms with Crippen LogP contribution in [0.2, 0.25) is 5.02 Å². The van der Waals surface area contributed by atoms with E-state index in [-0.39, 0.29) is 11.7 Å². The highest BCUT2D eigenvalue weighted by molar-refractivity contribution is 6.30. The molecule has 0 bridgehead atoms. The molecule has 0 atom stereocenters. The first kappa shape index (κ1) is 20.1. The maximum Gasteiger partial charge on any atom is 0.343 e. The number of esters is 1. The number of carbonyl (C=O) groups excluding carboxylic acids is 2. The van der Waals surface area contributed by atoms with Crippen molar-refractivity contribution in [1.29, 1.82) is 0 Å². The van der Waals surface area contributed by atoms with Gasteiger partial charge in [0.1, 0.15) is 0 Å². The van der Waals surface area contributed by atoms with Gasteiger partial charge in [-0.25, -0.2) is 10.2 Å². The van der Waals surface area contributed by atoms with Gasteiger partial charge in [-0.05, 0) is 60.2 Å². The summed E-state index contributed by atoms with van der Waals surface area (Å²) in [4.78, 5) is 24.2. The monoisotopic (exact) mass is 408 g/mol. The van der Waals surface area contributed by atoms with Crippen LogP contribution < -0.4 is 14.9 Å². The third kappa shape index (κ3) is 5.43. The summed E-state index contributed by atoms with van der Waals surface area (Å²) in [6.45, 7) is 0. The smallest absolute Gasteiger partial charge is 0.343 e. The van der Waals surface area contributed by atoms with Gasteiger partial charge in [-0.3, -0.25) is 4.79 Å². The number of carbonyl (C=O) groups is 2. The molecule has 3 aromatic carbocycles. The Morgan fingerprint density at radius 1 is 0.931 bits per heavy atom. The molecule has 146 valence electrons. The lowest BCUT2D eigenvalue weighted by Crippen LogP contribution is -2.17. The number of benzene rings is 3. The van der Waals surface area contributed by atoms with Crippen molar-refractivity contribution in [2.75, 3.05) is 7.11 Å². The Morgan fingerprint density at radius 3 is 2.34 bits per heavy atom. The van der Waals surface area contributed by atoms with Crippen molar-refractivity contribution in [1.82, 2.24) is 5.43 Å². The van der Waals surface area contributed by atoms with Gasteiger partial charge in [-0.15, -0.1) is 0 Å². The second kappa shape index (κ2) is 9.52. The predicted octanol–water partition coefficient (Wildman–Crippen LogP) is 4.33. The van der Waals surface area contributed by atoms with Gasteiger partial charge in [-0.2, -0.15) is 5.10 Å². The van der Waals surface area contributed by atoms with E-state index in [0.717, 1.165) is 0 Å². The average molecular weight is 409 g/mol. The minimum Gasteiger partial charge on any atom is -0.493 e. The Kier molecular flexibility index (Phi) is 6.60. The lowest BCUT2D eigenvalue weighted by molar-refractivity contribution is 0.0729. The van der Waals surface area contributed by atoms with Crippen molar-refractivity contribution in [2.24, 2.45) is 5.10 Å². The summed E-state index contributed by atoms with van der Waals surface area (Å²) in [6.07, 6.45) is 1.47. The van der Waals surface area contributed by atoms with Crippen LogP contribution in [0.15, 0.2) is 77.9 Å². The van der Waals surface area contributed by atoms with E-state index in [4.69, 9.17) is 21.1 Å². The standard InChI is InChI=1S/C22H17ClN2O4/c1-28-20-13-15(14-24-25-21(26)16-5-3-2-4-6-16)7-12-19(20)29-22(27)17-8-10-18(23)11-9-17/h2-14H,1H3,(H,25,26). The fourth-order valence-electron chi connectivity index (χ4n) is 2.41. The number of halogens is 1. The van der Waals surface area contributed by atoms with E-state index in [1.54, 1.807) is 66.7 Å². The molecule has 29 heavy (non-hydrogen) atoms. The van der Waals surface area contributed by atoms with Crippen molar-refractivity contribution in [3.8, 4) is 11.5 Å². The molecular formula is C22H17ClN2O4. The van der Waals surface area contributed by atoms with E-state index in [1.807, 2.05) is 6.07 Å². The molecule has 0 aliphatic carbocycles. The zero-order chi connectivity index (χ0) is 20.6. The lowest BCUT2D eigenvalue weighted by Gasteiger charge is -2.10. The molecule has 0 spiro atoms. The molecule has 0 fully saturated rings. The molecule has 3 rings (SSSR count). The summed E-state index contributed by atoms with van der Waals surface area (Å²) in [5, 5.41) is 4.47. The average Bonchev–Trinajstić information content (AvgIpc) is 2.75. The largest absolute Gasteiger partial charge is 0.493 e. The molecule has 1 N–H and O–H groups in total. The Balaban J connectivity index is 1.67. The topological polar surface area (TPSA) is 77.0 Å². The predicted molar refractivity (Wildman–Crippen MR) is 111 cm³/mol. The molecule has 6 nitrogen and oxygen atoms in total. The normalized spacial score (nSPS) is 10.6. The van der Waals surface area contributed by atoms with Crippen LogP contribution in [0.3, 0.4) is 0 Å². The fraction of sp³-hybridized carbons (Fsp3) is 0.0455. The first-order valence-corrected chi connectivity index (χ1v) is 8.99. The van der Waals surface area contributed by atoms with Crippen LogP contribution in [0.5, 0.6) is 11.5 Å². The minimum atomic E-state index is -0.531. The summed E-state index contributed by atoms with van der Waals surface area (Å²) in [5.74, 6) is -0.234. The summed E-state index contributed by atoms with van der Waals surface area (Å²) in [5.41, 5.74) is 3.98. The Hall–Kier alpha value is -3.64. The van der Waals surface area contributed by atoms with Gasteiger partial charge in [0, 0.05) is 10.6 Å². The van der Waals surface area contributed by atoms with Crippen LogP contribution in [0.4, 0.5) is 0 Å². The van der Waals surface area contributed by atoms with Gasteiger partial charge in [0.15, 0.2) is 11.5 Å². The van der Waals surface area contributed by atoms with Crippen LogP contribution >= 0.6 is 11.6 Å². The van der Waals surface area contributed by atoms with E-state index in [9.17, 15) is 9.59 Å². The van der Waals surface area contributed by atoms with Crippen LogP contribution in [-0.2, 0) is 0 Å². The molecule has 0 radical (unpaired) electrons. The van der Waals surface area contributed by atoms with E-state index in [1.165, 1.54) is 13.3 Å². The van der Waals surface area contributed by atoms with E-state index < -0.39 is 5.97 Å².